The van der Waals surface area contributed by atoms with Crippen LogP contribution in [-0.4, -0.2) is 12.2 Å². The summed E-state index contributed by atoms with van der Waals surface area (Å²) in [7, 11) is 1.51. The molecule has 21 heavy (non-hydrogen) atoms. The molecule has 3 nitrogen and oxygen atoms in total. The first kappa shape index (κ1) is 15.5. The van der Waals surface area contributed by atoms with Gasteiger partial charge >= 0.3 is 0 Å². The van der Waals surface area contributed by atoms with Crippen molar-refractivity contribution in [2.75, 3.05) is 12.4 Å². The van der Waals surface area contributed by atoms with Gasteiger partial charge in [0.15, 0.2) is 11.5 Å². The molecule has 0 aliphatic carbocycles. The van der Waals surface area contributed by atoms with Gasteiger partial charge in [-0.1, -0.05) is 37.1 Å². The van der Waals surface area contributed by atoms with E-state index in [1.54, 1.807) is 12.1 Å². The van der Waals surface area contributed by atoms with Crippen molar-refractivity contribution in [2.24, 2.45) is 0 Å². The fourth-order valence-electron chi connectivity index (χ4n) is 2.19. The van der Waals surface area contributed by atoms with Crippen LogP contribution in [0.4, 0.5) is 5.69 Å². The number of aromatic hydroxyl groups is 1. The maximum Gasteiger partial charge on any atom is 0.162 e. The highest BCUT2D eigenvalue weighted by Crippen LogP contribution is 2.33. The van der Waals surface area contributed by atoms with E-state index in [1.807, 2.05) is 12.1 Å². The molecular formula is C17H20ClNO2. The van der Waals surface area contributed by atoms with Crippen LogP contribution in [0.1, 0.15) is 24.5 Å². The van der Waals surface area contributed by atoms with Crippen LogP contribution in [0.25, 0.3) is 0 Å². The van der Waals surface area contributed by atoms with E-state index in [-0.39, 0.29) is 5.75 Å². The van der Waals surface area contributed by atoms with Gasteiger partial charge < -0.3 is 15.2 Å². The van der Waals surface area contributed by atoms with Crippen LogP contribution in [0.15, 0.2) is 36.4 Å². The minimum atomic E-state index is 0.122. The van der Waals surface area contributed by atoms with Gasteiger partial charge in [0.25, 0.3) is 0 Å². The van der Waals surface area contributed by atoms with E-state index in [9.17, 15) is 5.11 Å². The molecule has 0 aromatic heterocycles. The molecule has 0 spiro atoms. The first-order valence-corrected chi connectivity index (χ1v) is 7.40. The van der Waals surface area contributed by atoms with Gasteiger partial charge in [0.2, 0.25) is 0 Å². The molecule has 2 aromatic rings. The summed E-state index contributed by atoms with van der Waals surface area (Å²) >= 11 is 6.02. The summed E-state index contributed by atoms with van der Waals surface area (Å²) in [5.74, 6) is 0.509. The van der Waals surface area contributed by atoms with Crippen molar-refractivity contribution in [3.05, 3.63) is 52.5 Å². The Labute approximate surface area is 130 Å². The number of halogens is 1. The second-order valence-corrected chi connectivity index (χ2v) is 5.35. The van der Waals surface area contributed by atoms with Gasteiger partial charge in [0, 0.05) is 28.9 Å². The van der Waals surface area contributed by atoms with E-state index in [2.05, 4.69) is 24.4 Å². The molecule has 2 N–H and O–H groups in total. The predicted octanol–water partition coefficient (Wildman–Crippen LogP) is 4.62. The molecule has 0 saturated carbocycles. The van der Waals surface area contributed by atoms with E-state index in [1.165, 1.54) is 12.7 Å². The largest absolute Gasteiger partial charge is 0.504 e. The lowest BCUT2D eigenvalue weighted by Gasteiger charge is -2.12. The summed E-state index contributed by atoms with van der Waals surface area (Å²) in [4.78, 5) is 0. The molecule has 0 heterocycles. The predicted molar refractivity (Wildman–Crippen MR) is 87.4 cm³/mol. The summed E-state index contributed by atoms with van der Waals surface area (Å²) in [6.45, 7) is 2.65. The zero-order valence-electron chi connectivity index (χ0n) is 12.3. The number of hydrogen-bond donors (Lipinski definition) is 2. The summed E-state index contributed by atoms with van der Waals surface area (Å²) < 4.78 is 5.10. The highest BCUT2D eigenvalue weighted by Gasteiger charge is 2.09. The number of ether oxygens (including phenoxy) is 1. The van der Waals surface area contributed by atoms with Crippen molar-refractivity contribution >= 4 is 17.3 Å². The third-order valence-electron chi connectivity index (χ3n) is 3.31. The average molecular weight is 306 g/mol. The zero-order valence-corrected chi connectivity index (χ0v) is 13.1. The third kappa shape index (κ3) is 4.05. The monoisotopic (exact) mass is 305 g/mol. The Bertz CT molecular complexity index is 596. The number of phenols is 1. The van der Waals surface area contributed by atoms with Crippen molar-refractivity contribution in [2.45, 2.75) is 26.3 Å². The summed E-state index contributed by atoms with van der Waals surface area (Å²) in [6, 6.07) is 11.7. The fourth-order valence-corrected chi connectivity index (χ4v) is 2.42. The molecule has 2 rings (SSSR count). The molecule has 112 valence electrons. The zero-order chi connectivity index (χ0) is 15.2. The summed E-state index contributed by atoms with van der Waals surface area (Å²) in [5, 5.41) is 13.9. The first-order valence-electron chi connectivity index (χ1n) is 7.02. The van der Waals surface area contributed by atoms with E-state index in [0.29, 0.717) is 22.9 Å². The van der Waals surface area contributed by atoms with Crippen molar-refractivity contribution in [3.8, 4) is 11.5 Å². The lowest BCUT2D eigenvalue weighted by atomic mass is 10.1. The van der Waals surface area contributed by atoms with Crippen LogP contribution in [0.5, 0.6) is 11.5 Å². The van der Waals surface area contributed by atoms with Crippen molar-refractivity contribution in [1.29, 1.82) is 0 Å². The molecule has 0 fully saturated rings. The summed E-state index contributed by atoms with van der Waals surface area (Å²) in [5.41, 5.74) is 3.04. The van der Waals surface area contributed by atoms with Crippen molar-refractivity contribution in [1.82, 2.24) is 0 Å². The average Bonchev–Trinajstić information content (AvgIpc) is 2.49. The van der Waals surface area contributed by atoms with E-state index in [0.717, 1.165) is 18.5 Å². The number of phenolic OH excluding ortho intramolecular Hbond substituents is 1. The molecule has 0 unspecified atom stereocenters. The topological polar surface area (TPSA) is 41.5 Å². The van der Waals surface area contributed by atoms with E-state index < -0.39 is 0 Å². The second-order valence-electron chi connectivity index (χ2n) is 4.92. The molecular weight excluding hydrogens is 286 g/mol. The van der Waals surface area contributed by atoms with Gasteiger partial charge in [-0.3, -0.25) is 0 Å². The van der Waals surface area contributed by atoms with Crippen LogP contribution in [-0.2, 0) is 13.0 Å². The number of nitrogens with one attached hydrogen (secondary N) is 1. The van der Waals surface area contributed by atoms with Crippen LogP contribution < -0.4 is 10.1 Å². The summed E-state index contributed by atoms with van der Waals surface area (Å²) in [6.07, 6.45) is 2.23. The molecule has 0 saturated heterocycles. The number of anilines is 1. The van der Waals surface area contributed by atoms with Gasteiger partial charge in [0.05, 0.1) is 7.11 Å². The minimum absolute atomic E-state index is 0.122. The standard InChI is InChI=1S/C17H20ClNO2/c1-3-4-12-5-7-15(8-6-12)19-11-13-9-14(18)10-16(21-2)17(13)20/h5-10,19-20H,3-4,11H2,1-2H3. The Balaban J connectivity index is 2.07. The van der Waals surface area contributed by atoms with Crippen LogP contribution in [0.3, 0.4) is 0 Å². The molecule has 4 heteroatoms. The van der Waals surface area contributed by atoms with E-state index >= 15 is 0 Å². The van der Waals surface area contributed by atoms with Crippen molar-refractivity contribution in [3.63, 3.8) is 0 Å². The van der Waals surface area contributed by atoms with Gasteiger partial charge in [-0.2, -0.15) is 0 Å². The number of rotatable bonds is 6. The SMILES string of the molecule is CCCc1ccc(NCc2cc(Cl)cc(OC)c2O)cc1. The number of benzene rings is 2. The molecule has 0 aliphatic heterocycles. The van der Waals surface area contributed by atoms with Gasteiger partial charge in [-0.05, 0) is 30.2 Å². The Morgan fingerprint density at radius 3 is 2.52 bits per heavy atom. The second kappa shape index (κ2) is 7.23. The smallest absolute Gasteiger partial charge is 0.162 e. The van der Waals surface area contributed by atoms with Crippen LogP contribution in [0, 0.1) is 0 Å². The number of aryl methyl sites for hydroxylation is 1. The first-order chi connectivity index (χ1) is 10.1. The molecule has 0 atom stereocenters. The molecule has 0 aliphatic rings. The quantitative estimate of drug-likeness (QED) is 0.818. The van der Waals surface area contributed by atoms with Crippen LogP contribution in [0.2, 0.25) is 5.02 Å². The Kier molecular flexibility index (Phi) is 5.34. The van der Waals surface area contributed by atoms with Gasteiger partial charge in [0.1, 0.15) is 0 Å². The molecule has 0 bridgehead atoms. The maximum atomic E-state index is 10.1. The highest BCUT2D eigenvalue weighted by atomic mass is 35.5. The van der Waals surface area contributed by atoms with Crippen molar-refractivity contribution < 1.29 is 9.84 Å². The maximum absolute atomic E-state index is 10.1. The third-order valence-corrected chi connectivity index (χ3v) is 3.53. The van der Waals surface area contributed by atoms with Gasteiger partial charge in [-0.25, -0.2) is 0 Å². The number of hydrogen-bond acceptors (Lipinski definition) is 3. The Morgan fingerprint density at radius 1 is 1.19 bits per heavy atom. The van der Waals surface area contributed by atoms with Gasteiger partial charge in [-0.15, -0.1) is 0 Å². The lowest BCUT2D eigenvalue weighted by Crippen LogP contribution is -2.01. The fraction of sp³-hybridized carbons (Fsp3) is 0.294. The molecule has 2 aromatic carbocycles. The Hall–Kier alpha value is -1.87. The number of methoxy groups -OCH3 is 1. The van der Waals surface area contributed by atoms with Crippen LogP contribution >= 0.6 is 11.6 Å². The van der Waals surface area contributed by atoms with E-state index in [4.69, 9.17) is 16.3 Å². The molecule has 0 amide bonds. The normalized spacial score (nSPS) is 10.4. The lowest BCUT2D eigenvalue weighted by molar-refractivity contribution is 0.371. The minimum Gasteiger partial charge on any atom is -0.504 e. The Morgan fingerprint density at radius 2 is 1.90 bits per heavy atom. The highest BCUT2D eigenvalue weighted by molar-refractivity contribution is 6.30. The molecule has 0 radical (unpaired) electrons.